The molecular formula is C15H21N5OS. The van der Waals surface area contributed by atoms with Crippen LogP contribution in [-0.4, -0.2) is 34.9 Å². The zero-order valence-corrected chi connectivity index (χ0v) is 13.9. The quantitative estimate of drug-likeness (QED) is 0.483. The molecule has 0 amide bonds. The fraction of sp³-hybridized carbons (Fsp3) is 0.400. The summed E-state index contributed by atoms with van der Waals surface area (Å²) in [5.41, 5.74) is 0. The number of hydrogen-bond acceptors (Lipinski definition) is 5. The van der Waals surface area contributed by atoms with Crippen LogP contribution in [0.2, 0.25) is 0 Å². The summed E-state index contributed by atoms with van der Waals surface area (Å²) in [5.74, 6) is 1.90. The van der Waals surface area contributed by atoms with E-state index in [1.54, 1.807) is 14.0 Å². The van der Waals surface area contributed by atoms with Crippen molar-refractivity contribution in [1.29, 1.82) is 0 Å². The summed E-state index contributed by atoms with van der Waals surface area (Å²) in [5, 5.41) is 10.6. The molecule has 0 saturated heterocycles. The van der Waals surface area contributed by atoms with Gasteiger partial charge < -0.3 is 15.2 Å². The molecule has 118 valence electrons. The van der Waals surface area contributed by atoms with Gasteiger partial charge >= 0.3 is 0 Å². The Morgan fingerprint density at radius 1 is 1.32 bits per heavy atom. The van der Waals surface area contributed by atoms with Crippen molar-refractivity contribution in [2.75, 3.05) is 13.6 Å². The molecule has 0 aliphatic heterocycles. The van der Waals surface area contributed by atoms with Crippen LogP contribution in [0.3, 0.4) is 0 Å². The molecule has 7 heteroatoms. The first-order valence-electron chi connectivity index (χ1n) is 7.13. The van der Waals surface area contributed by atoms with Crippen LogP contribution in [0.15, 0.2) is 44.7 Å². The van der Waals surface area contributed by atoms with Crippen LogP contribution in [0.1, 0.15) is 18.6 Å². The van der Waals surface area contributed by atoms with E-state index in [1.807, 2.05) is 17.8 Å². The van der Waals surface area contributed by atoms with Gasteiger partial charge in [-0.1, -0.05) is 30.3 Å². The molecule has 0 bridgehead atoms. The van der Waals surface area contributed by atoms with E-state index >= 15 is 0 Å². The van der Waals surface area contributed by atoms with Gasteiger partial charge in [0.25, 0.3) is 0 Å². The van der Waals surface area contributed by atoms with E-state index < -0.39 is 0 Å². The number of nitrogens with zero attached hydrogens (tertiary/aromatic N) is 3. The molecule has 0 aliphatic carbocycles. The van der Waals surface area contributed by atoms with Crippen molar-refractivity contribution in [1.82, 2.24) is 20.8 Å². The minimum atomic E-state index is 0.423. The van der Waals surface area contributed by atoms with Crippen molar-refractivity contribution >= 4 is 17.7 Å². The molecule has 1 aromatic carbocycles. The van der Waals surface area contributed by atoms with Crippen molar-refractivity contribution in [3.05, 3.63) is 42.0 Å². The Kier molecular flexibility index (Phi) is 6.27. The van der Waals surface area contributed by atoms with Gasteiger partial charge in [-0.3, -0.25) is 4.99 Å². The second kappa shape index (κ2) is 8.43. The number of rotatable bonds is 6. The van der Waals surface area contributed by atoms with E-state index in [0.717, 1.165) is 12.5 Å². The van der Waals surface area contributed by atoms with E-state index in [1.165, 1.54) is 4.90 Å². The van der Waals surface area contributed by atoms with Crippen LogP contribution in [0.25, 0.3) is 0 Å². The third-order valence-electron chi connectivity index (χ3n) is 2.84. The summed E-state index contributed by atoms with van der Waals surface area (Å²) in [6.07, 6.45) is 0. The van der Waals surface area contributed by atoms with Gasteiger partial charge in [0.15, 0.2) is 11.8 Å². The summed E-state index contributed by atoms with van der Waals surface area (Å²) in [7, 11) is 1.74. The van der Waals surface area contributed by atoms with Crippen LogP contribution in [-0.2, 0) is 6.54 Å². The maximum atomic E-state index is 5.05. The van der Waals surface area contributed by atoms with Gasteiger partial charge in [-0.2, -0.15) is 4.98 Å². The van der Waals surface area contributed by atoms with Crippen molar-refractivity contribution < 1.29 is 4.52 Å². The smallest absolute Gasteiger partial charge is 0.246 e. The molecular weight excluding hydrogens is 298 g/mol. The highest BCUT2D eigenvalue weighted by molar-refractivity contribution is 8.00. The lowest BCUT2D eigenvalue weighted by Crippen LogP contribution is -2.39. The molecule has 22 heavy (non-hydrogen) atoms. The number of benzene rings is 1. The molecule has 0 spiro atoms. The Bertz CT molecular complexity index is 599. The lowest BCUT2D eigenvalue weighted by Gasteiger charge is -2.15. The van der Waals surface area contributed by atoms with Crippen molar-refractivity contribution in [3.63, 3.8) is 0 Å². The van der Waals surface area contributed by atoms with Crippen LogP contribution in [0.4, 0.5) is 0 Å². The molecule has 1 aromatic heterocycles. The van der Waals surface area contributed by atoms with Gasteiger partial charge in [0, 0.05) is 23.7 Å². The third kappa shape index (κ3) is 5.40. The molecule has 1 heterocycles. The summed E-state index contributed by atoms with van der Waals surface area (Å²) >= 11 is 1.83. The number of aryl methyl sites for hydroxylation is 1. The second-order valence-electron chi connectivity index (χ2n) is 4.78. The number of hydrogen-bond donors (Lipinski definition) is 2. The first-order chi connectivity index (χ1) is 10.7. The third-order valence-corrected chi connectivity index (χ3v) is 3.95. The van der Waals surface area contributed by atoms with E-state index in [9.17, 15) is 0 Å². The van der Waals surface area contributed by atoms with Crippen LogP contribution < -0.4 is 10.6 Å². The van der Waals surface area contributed by atoms with Crippen molar-refractivity contribution in [2.24, 2.45) is 4.99 Å². The lowest BCUT2D eigenvalue weighted by atomic mass is 10.4. The number of aromatic nitrogens is 2. The molecule has 2 aromatic rings. The number of guanidine groups is 1. The summed E-state index contributed by atoms with van der Waals surface area (Å²) in [6, 6.07) is 10.4. The highest BCUT2D eigenvalue weighted by atomic mass is 32.2. The zero-order chi connectivity index (χ0) is 15.8. The van der Waals surface area contributed by atoms with Crippen LogP contribution >= 0.6 is 11.8 Å². The van der Waals surface area contributed by atoms with E-state index in [4.69, 9.17) is 4.52 Å². The normalized spacial score (nSPS) is 13.0. The fourth-order valence-electron chi connectivity index (χ4n) is 1.81. The number of nitrogens with one attached hydrogen (secondary N) is 2. The Morgan fingerprint density at radius 2 is 2.09 bits per heavy atom. The zero-order valence-electron chi connectivity index (χ0n) is 13.0. The predicted molar refractivity (Wildman–Crippen MR) is 89.0 cm³/mol. The average molecular weight is 319 g/mol. The summed E-state index contributed by atoms with van der Waals surface area (Å²) in [4.78, 5) is 9.59. The lowest BCUT2D eigenvalue weighted by molar-refractivity contribution is 0.371. The first kappa shape index (κ1) is 16.4. The summed E-state index contributed by atoms with van der Waals surface area (Å²) in [6.45, 7) is 5.24. The number of thioether (sulfide) groups is 1. The number of aliphatic imine (C=N–C) groups is 1. The molecule has 0 aliphatic rings. The fourth-order valence-corrected chi connectivity index (χ4v) is 2.75. The Morgan fingerprint density at radius 3 is 2.73 bits per heavy atom. The molecule has 2 N–H and O–H groups in total. The van der Waals surface area contributed by atoms with E-state index in [2.05, 4.69) is 57.0 Å². The second-order valence-corrected chi connectivity index (χ2v) is 6.30. The molecule has 1 unspecified atom stereocenters. The topological polar surface area (TPSA) is 75.3 Å². The van der Waals surface area contributed by atoms with Gasteiger partial charge in [0.2, 0.25) is 5.89 Å². The Labute approximate surface area is 134 Å². The Balaban J connectivity index is 1.73. The standard InChI is InChI=1S/C15H21N5OS/c1-11(22-13-7-5-4-6-8-13)9-17-15(16-3)18-10-14-19-12(2)20-21-14/h4-8,11H,9-10H2,1-3H3,(H2,16,17,18). The monoisotopic (exact) mass is 319 g/mol. The van der Waals surface area contributed by atoms with Gasteiger partial charge in [-0.15, -0.1) is 11.8 Å². The van der Waals surface area contributed by atoms with Gasteiger partial charge in [-0.05, 0) is 19.1 Å². The first-order valence-corrected chi connectivity index (χ1v) is 8.00. The SMILES string of the molecule is CN=C(NCc1nc(C)no1)NCC(C)Sc1ccccc1. The molecule has 0 saturated carbocycles. The van der Waals surface area contributed by atoms with E-state index in [-0.39, 0.29) is 0 Å². The van der Waals surface area contributed by atoms with E-state index in [0.29, 0.717) is 23.5 Å². The highest BCUT2D eigenvalue weighted by Crippen LogP contribution is 2.21. The minimum Gasteiger partial charge on any atom is -0.355 e. The molecule has 2 rings (SSSR count). The van der Waals surface area contributed by atoms with Gasteiger partial charge in [-0.25, -0.2) is 0 Å². The van der Waals surface area contributed by atoms with Crippen LogP contribution in [0.5, 0.6) is 0 Å². The van der Waals surface area contributed by atoms with Crippen molar-refractivity contribution in [2.45, 2.75) is 30.5 Å². The largest absolute Gasteiger partial charge is 0.355 e. The maximum absolute atomic E-state index is 5.05. The van der Waals surface area contributed by atoms with Gasteiger partial charge in [0.1, 0.15) is 0 Å². The minimum absolute atomic E-state index is 0.423. The van der Waals surface area contributed by atoms with Crippen molar-refractivity contribution in [3.8, 4) is 0 Å². The van der Waals surface area contributed by atoms with Crippen LogP contribution in [0, 0.1) is 6.92 Å². The Hall–Kier alpha value is -2.02. The predicted octanol–water partition coefficient (Wildman–Crippen LogP) is 2.22. The summed E-state index contributed by atoms with van der Waals surface area (Å²) < 4.78 is 5.05. The maximum Gasteiger partial charge on any atom is 0.246 e. The average Bonchev–Trinajstić information content (AvgIpc) is 2.94. The molecule has 0 fully saturated rings. The highest BCUT2D eigenvalue weighted by Gasteiger charge is 2.07. The molecule has 1 atom stereocenters. The van der Waals surface area contributed by atoms with Gasteiger partial charge in [0.05, 0.1) is 6.54 Å². The molecule has 0 radical (unpaired) electrons. The molecule has 6 nitrogen and oxygen atoms in total.